The molecule has 130 valence electrons. The van der Waals surface area contributed by atoms with Crippen molar-refractivity contribution in [3.8, 4) is 5.75 Å². The molecule has 0 saturated heterocycles. The molecule has 1 aromatic carbocycles. The van der Waals surface area contributed by atoms with Gasteiger partial charge in [0.05, 0.1) is 7.11 Å². The Morgan fingerprint density at radius 2 is 2.20 bits per heavy atom. The van der Waals surface area contributed by atoms with Gasteiger partial charge in [0.25, 0.3) is 5.91 Å². The van der Waals surface area contributed by atoms with E-state index in [0.29, 0.717) is 23.3 Å². The molecule has 0 radical (unpaired) electrons. The number of methoxy groups -OCH3 is 1. The number of fused-ring (bicyclic) bond motifs is 1. The van der Waals surface area contributed by atoms with Gasteiger partial charge in [0.1, 0.15) is 5.56 Å². The summed E-state index contributed by atoms with van der Waals surface area (Å²) >= 11 is 3.46. The summed E-state index contributed by atoms with van der Waals surface area (Å²) in [6, 6.07) is 10.9. The molecule has 0 aliphatic carbocycles. The Morgan fingerprint density at radius 1 is 1.32 bits per heavy atom. The minimum absolute atomic E-state index is 0.00371. The number of hydrogen-bond acceptors (Lipinski definition) is 6. The molecule has 0 aliphatic heterocycles. The zero-order valence-corrected chi connectivity index (χ0v) is 15.2. The van der Waals surface area contributed by atoms with E-state index in [2.05, 4.69) is 11.4 Å². The third-order valence-electron chi connectivity index (χ3n) is 3.54. The number of carbonyl (C=O) groups is 1. The highest BCUT2D eigenvalue weighted by atomic mass is 32.2. The normalized spacial score (nSPS) is 10.8. The first-order valence-corrected chi connectivity index (χ1v) is 9.71. The van der Waals surface area contributed by atoms with Gasteiger partial charge in [-0.2, -0.15) is 11.8 Å². The van der Waals surface area contributed by atoms with Crippen molar-refractivity contribution in [2.24, 2.45) is 0 Å². The van der Waals surface area contributed by atoms with Crippen LogP contribution in [0.1, 0.15) is 15.2 Å². The van der Waals surface area contributed by atoms with E-state index in [-0.39, 0.29) is 5.56 Å². The SMILES string of the molecule is COc1cccc2cc(C(=O)NCCSCc3cccs3)c(=O)oc12. The smallest absolute Gasteiger partial charge is 0.349 e. The molecule has 0 fully saturated rings. The Bertz CT molecular complexity index is 918. The number of rotatable bonds is 7. The predicted octanol–water partition coefficient (Wildman–Crippen LogP) is 3.53. The topological polar surface area (TPSA) is 68.5 Å². The molecule has 1 amide bonds. The van der Waals surface area contributed by atoms with Gasteiger partial charge in [-0.3, -0.25) is 4.79 Å². The molecule has 0 unspecified atom stereocenters. The predicted molar refractivity (Wildman–Crippen MR) is 102 cm³/mol. The first kappa shape index (κ1) is 17.6. The summed E-state index contributed by atoms with van der Waals surface area (Å²) in [5, 5.41) is 5.46. The van der Waals surface area contributed by atoms with E-state index < -0.39 is 11.5 Å². The number of thiophene rings is 1. The Kier molecular flexibility index (Phi) is 5.78. The zero-order valence-electron chi connectivity index (χ0n) is 13.6. The van der Waals surface area contributed by atoms with Crippen molar-refractivity contribution >= 4 is 40.0 Å². The van der Waals surface area contributed by atoms with Gasteiger partial charge in [-0.25, -0.2) is 4.79 Å². The van der Waals surface area contributed by atoms with E-state index in [1.54, 1.807) is 41.3 Å². The minimum Gasteiger partial charge on any atom is -0.493 e. The Balaban J connectivity index is 1.62. The van der Waals surface area contributed by atoms with Crippen LogP contribution in [0.5, 0.6) is 5.75 Å². The van der Waals surface area contributed by atoms with Crippen molar-refractivity contribution in [2.75, 3.05) is 19.4 Å². The molecular weight excluding hydrogens is 358 g/mol. The summed E-state index contributed by atoms with van der Waals surface area (Å²) in [6.45, 7) is 0.491. The van der Waals surface area contributed by atoms with Crippen molar-refractivity contribution < 1.29 is 13.9 Å². The molecule has 0 atom stereocenters. The van der Waals surface area contributed by atoms with Crippen LogP contribution in [-0.4, -0.2) is 25.3 Å². The fraction of sp³-hybridized carbons (Fsp3) is 0.222. The van der Waals surface area contributed by atoms with Gasteiger partial charge in [-0.1, -0.05) is 18.2 Å². The second-order valence-corrected chi connectivity index (χ2v) is 7.35. The molecular formula is C18H17NO4S2. The van der Waals surface area contributed by atoms with Gasteiger partial charge in [-0.05, 0) is 23.6 Å². The highest BCUT2D eigenvalue weighted by molar-refractivity contribution is 7.98. The Hall–Kier alpha value is -2.25. The number of thioether (sulfide) groups is 1. The summed E-state index contributed by atoms with van der Waals surface area (Å²) in [5.74, 6) is 1.74. The summed E-state index contributed by atoms with van der Waals surface area (Å²) in [4.78, 5) is 25.7. The van der Waals surface area contributed by atoms with E-state index in [1.165, 1.54) is 18.1 Å². The number of nitrogens with one attached hydrogen (secondary N) is 1. The quantitative estimate of drug-likeness (QED) is 0.505. The summed E-state index contributed by atoms with van der Waals surface area (Å²) in [7, 11) is 1.50. The first-order valence-electron chi connectivity index (χ1n) is 7.68. The first-order chi connectivity index (χ1) is 12.2. The van der Waals surface area contributed by atoms with Crippen LogP contribution in [0.25, 0.3) is 11.0 Å². The minimum atomic E-state index is -0.666. The lowest BCUT2D eigenvalue weighted by Gasteiger charge is -2.07. The fourth-order valence-electron chi connectivity index (χ4n) is 2.34. The number of benzene rings is 1. The number of carbonyl (C=O) groups excluding carboxylic acids is 1. The van der Waals surface area contributed by atoms with Crippen LogP contribution >= 0.6 is 23.1 Å². The molecule has 0 bridgehead atoms. The zero-order chi connectivity index (χ0) is 17.6. The van der Waals surface area contributed by atoms with Crippen molar-refractivity contribution in [2.45, 2.75) is 5.75 Å². The molecule has 1 N–H and O–H groups in total. The van der Waals surface area contributed by atoms with Gasteiger partial charge < -0.3 is 14.5 Å². The van der Waals surface area contributed by atoms with Gasteiger partial charge in [0.2, 0.25) is 0 Å². The van der Waals surface area contributed by atoms with Crippen molar-refractivity contribution in [1.82, 2.24) is 5.32 Å². The lowest BCUT2D eigenvalue weighted by molar-refractivity contribution is 0.0952. The van der Waals surface area contributed by atoms with Crippen LogP contribution in [0.3, 0.4) is 0 Å². The Morgan fingerprint density at radius 3 is 2.96 bits per heavy atom. The third-order valence-corrected chi connectivity index (χ3v) is 5.61. The molecule has 0 aliphatic rings. The largest absolute Gasteiger partial charge is 0.493 e. The monoisotopic (exact) mass is 375 g/mol. The van der Waals surface area contributed by atoms with Gasteiger partial charge in [0, 0.05) is 28.3 Å². The van der Waals surface area contributed by atoms with Crippen molar-refractivity contribution in [1.29, 1.82) is 0 Å². The van der Waals surface area contributed by atoms with E-state index in [0.717, 1.165) is 11.5 Å². The number of amides is 1. The van der Waals surface area contributed by atoms with E-state index in [9.17, 15) is 9.59 Å². The van der Waals surface area contributed by atoms with Crippen LogP contribution in [-0.2, 0) is 5.75 Å². The van der Waals surface area contributed by atoms with E-state index in [1.807, 2.05) is 11.4 Å². The summed E-state index contributed by atoms with van der Waals surface area (Å²) < 4.78 is 10.4. The molecule has 2 heterocycles. The molecule has 0 spiro atoms. The fourth-order valence-corrected chi connectivity index (χ4v) is 4.04. The van der Waals surface area contributed by atoms with Crippen LogP contribution in [0.4, 0.5) is 0 Å². The van der Waals surface area contributed by atoms with Crippen LogP contribution < -0.4 is 15.7 Å². The average Bonchev–Trinajstić information content (AvgIpc) is 3.13. The number of para-hydroxylation sites is 1. The molecule has 5 nitrogen and oxygen atoms in total. The summed E-state index contributed by atoms with van der Waals surface area (Å²) in [6.07, 6.45) is 0. The standard InChI is InChI=1S/C18H17NO4S2/c1-22-15-6-2-4-12-10-14(18(21)23-16(12)15)17(20)19-7-9-24-11-13-5-3-8-25-13/h2-6,8,10H,7,9,11H2,1H3,(H,19,20). The van der Waals surface area contributed by atoms with Crippen LogP contribution in [0, 0.1) is 0 Å². The molecule has 3 aromatic rings. The highest BCUT2D eigenvalue weighted by Crippen LogP contribution is 2.24. The maximum atomic E-state index is 12.2. The third kappa shape index (κ3) is 4.24. The van der Waals surface area contributed by atoms with Crippen LogP contribution in [0.2, 0.25) is 0 Å². The van der Waals surface area contributed by atoms with Crippen molar-refractivity contribution in [3.63, 3.8) is 0 Å². The molecule has 2 aromatic heterocycles. The maximum Gasteiger partial charge on any atom is 0.349 e. The lowest BCUT2D eigenvalue weighted by Crippen LogP contribution is -2.30. The van der Waals surface area contributed by atoms with E-state index >= 15 is 0 Å². The van der Waals surface area contributed by atoms with Crippen molar-refractivity contribution in [3.05, 3.63) is 62.6 Å². The lowest BCUT2D eigenvalue weighted by atomic mass is 10.1. The second kappa shape index (κ2) is 8.22. The van der Waals surface area contributed by atoms with E-state index in [4.69, 9.17) is 9.15 Å². The Labute approximate surface area is 153 Å². The van der Waals surface area contributed by atoms with Gasteiger partial charge in [-0.15, -0.1) is 11.3 Å². The summed E-state index contributed by atoms with van der Waals surface area (Å²) in [5.41, 5.74) is -0.317. The number of hydrogen-bond donors (Lipinski definition) is 1. The second-order valence-electron chi connectivity index (χ2n) is 5.21. The van der Waals surface area contributed by atoms with Gasteiger partial charge in [0.15, 0.2) is 11.3 Å². The molecule has 7 heteroatoms. The maximum absolute atomic E-state index is 12.2. The molecule has 0 saturated carbocycles. The van der Waals surface area contributed by atoms with Gasteiger partial charge >= 0.3 is 5.63 Å². The van der Waals surface area contributed by atoms with Crippen LogP contribution in [0.15, 0.2) is 51.0 Å². The average molecular weight is 375 g/mol. The highest BCUT2D eigenvalue weighted by Gasteiger charge is 2.15. The molecule has 25 heavy (non-hydrogen) atoms. The molecule has 3 rings (SSSR count). The number of ether oxygens (including phenoxy) is 1.